The van der Waals surface area contributed by atoms with Gasteiger partial charge in [-0.3, -0.25) is 4.79 Å². The molecule has 3 rings (SSSR count). The van der Waals surface area contributed by atoms with E-state index in [0.717, 1.165) is 0 Å². The minimum atomic E-state index is -0.977. The molecule has 4 N–H and O–H groups in total. The summed E-state index contributed by atoms with van der Waals surface area (Å²) in [6.45, 7) is 1.44. The molecule has 1 amide bonds. The summed E-state index contributed by atoms with van der Waals surface area (Å²) in [7, 11) is 1.66. The summed E-state index contributed by atoms with van der Waals surface area (Å²) in [5.41, 5.74) is 10.7. The van der Waals surface area contributed by atoms with Gasteiger partial charge in [-0.1, -0.05) is 12.1 Å². The van der Waals surface area contributed by atoms with Gasteiger partial charge in [-0.25, -0.2) is 9.18 Å². The van der Waals surface area contributed by atoms with E-state index in [4.69, 9.17) is 20.9 Å². The minimum absolute atomic E-state index is 0.105. The Balaban J connectivity index is 1.53. The van der Waals surface area contributed by atoms with E-state index in [0.29, 0.717) is 31.1 Å². The second kappa shape index (κ2) is 8.63. The zero-order valence-electron chi connectivity index (χ0n) is 15.9. The molecular weight excluding hydrogens is 381 g/mol. The summed E-state index contributed by atoms with van der Waals surface area (Å²) in [6, 6.07) is 7.97. The maximum Gasteiger partial charge on any atom is 0.437 e. The lowest BCUT2D eigenvalue weighted by Gasteiger charge is -2.41. The third-order valence-corrected chi connectivity index (χ3v) is 4.47. The highest BCUT2D eigenvalue weighted by Crippen LogP contribution is 2.29. The van der Waals surface area contributed by atoms with Crippen LogP contribution < -0.4 is 26.7 Å². The third kappa shape index (κ3) is 5.03. The molecule has 1 fully saturated rings. The Labute approximate surface area is 166 Å². The number of aliphatic imine (C=N–C) groups is 1. The number of aromatic nitrogens is 1. The SMILES string of the molecule is Cn1cc(OCC2CN(c3cccc(COC(=O)N=C(N)N)c3F)C2)ccc1=O. The number of pyridine rings is 1. The Morgan fingerprint density at radius 3 is 2.72 bits per heavy atom. The topological polar surface area (TPSA) is 125 Å². The summed E-state index contributed by atoms with van der Waals surface area (Å²) in [4.78, 5) is 27.8. The first-order valence-electron chi connectivity index (χ1n) is 8.91. The van der Waals surface area contributed by atoms with Gasteiger partial charge in [-0.05, 0) is 12.1 Å². The van der Waals surface area contributed by atoms with E-state index >= 15 is 0 Å². The van der Waals surface area contributed by atoms with Crippen molar-refractivity contribution < 1.29 is 18.7 Å². The van der Waals surface area contributed by atoms with Crippen LogP contribution in [0.3, 0.4) is 0 Å². The van der Waals surface area contributed by atoms with Gasteiger partial charge in [-0.2, -0.15) is 0 Å². The maximum atomic E-state index is 14.7. The zero-order chi connectivity index (χ0) is 21.0. The van der Waals surface area contributed by atoms with E-state index in [2.05, 4.69) is 4.99 Å². The molecule has 0 spiro atoms. The number of halogens is 1. The fourth-order valence-corrected chi connectivity index (χ4v) is 2.94. The standard InChI is InChI=1S/C19H22FN5O4/c1-24-9-14(5-6-16(24)26)28-10-12-7-25(8-12)15-4-2-3-13(17(15)20)11-29-19(27)23-18(21)22/h2-6,9,12H,7-8,10-11H2,1H3,(H4,21,22,23,27). The van der Waals surface area contributed by atoms with Crippen molar-refractivity contribution in [2.24, 2.45) is 29.4 Å². The molecule has 0 atom stereocenters. The largest absolute Gasteiger partial charge is 0.492 e. The summed E-state index contributed by atoms with van der Waals surface area (Å²) in [5, 5.41) is 0. The van der Waals surface area contributed by atoms with Crippen molar-refractivity contribution >= 4 is 17.7 Å². The van der Waals surface area contributed by atoms with Crippen LogP contribution in [-0.2, 0) is 18.4 Å². The second-order valence-electron chi connectivity index (χ2n) is 6.74. The number of anilines is 1. The molecule has 0 saturated carbocycles. The summed E-state index contributed by atoms with van der Waals surface area (Å²) in [6.07, 6.45) is 0.653. The lowest BCUT2D eigenvalue weighted by molar-refractivity contribution is 0.149. The van der Waals surface area contributed by atoms with Crippen LogP contribution in [0.4, 0.5) is 14.9 Å². The Kier molecular flexibility index (Phi) is 6.01. The number of benzene rings is 1. The number of carbonyl (C=O) groups excluding carboxylic acids is 1. The van der Waals surface area contributed by atoms with Crippen LogP contribution in [-0.4, -0.2) is 36.3 Å². The van der Waals surface area contributed by atoms with E-state index < -0.39 is 17.9 Å². The van der Waals surface area contributed by atoms with Gasteiger partial charge in [0.15, 0.2) is 11.8 Å². The molecule has 2 aromatic rings. The molecule has 0 radical (unpaired) electrons. The Morgan fingerprint density at radius 1 is 1.28 bits per heavy atom. The van der Waals surface area contributed by atoms with Gasteiger partial charge in [0, 0.05) is 43.9 Å². The van der Waals surface area contributed by atoms with Crippen LogP contribution in [0, 0.1) is 11.7 Å². The first-order valence-corrected chi connectivity index (χ1v) is 8.91. The van der Waals surface area contributed by atoms with Gasteiger partial charge in [-0.15, -0.1) is 4.99 Å². The Bertz CT molecular complexity index is 981. The molecule has 0 unspecified atom stereocenters. The number of hydrogen-bond donors (Lipinski definition) is 2. The molecular formula is C19H22FN5O4. The summed E-state index contributed by atoms with van der Waals surface area (Å²) >= 11 is 0. The van der Waals surface area contributed by atoms with Gasteiger partial charge in [0.05, 0.1) is 12.3 Å². The van der Waals surface area contributed by atoms with E-state index in [1.54, 1.807) is 31.4 Å². The third-order valence-electron chi connectivity index (χ3n) is 4.47. The number of nitrogens with two attached hydrogens (primary N) is 2. The van der Waals surface area contributed by atoms with Crippen molar-refractivity contribution in [3.63, 3.8) is 0 Å². The monoisotopic (exact) mass is 403 g/mol. The van der Waals surface area contributed by atoms with Gasteiger partial charge < -0.3 is 30.4 Å². The molecule has 10 heteroatoms. The van der Waals surface area contributed by atoms with Gasteiger partial charge in [0.2, 0.25) is 5.56 Å². The first-order chi connectivity index (χ1) is 13.8. The molecule has 1 aliphatic rings. The molecule has 29 heavy (non-hydrogen) atoms. The maximum absolute atomic E-state index is 14.7. The van der Waals surface area contributed by atoms with E-state index in [1.807, 2.05) is 4.90 Å². The highest BCUT2D eigenvalue weighted by Gasteiger charge is 2.30. The summed E-state index contributed by atoms with van der Waals surface area (Å²) < 4.78 is 26.7. The van der Waals surface area contributed by atoms with E-state index in [9.17, 15) is 14.0 Å². The normalized spacial score (nSPS) is 13.5. The van der Waals surface area contributed by atoms with Crippen molar-refractivity contribution in [2.75, 3.05) is 24.6 Å². The summed E-state index contributed by atoms with van der Waals surface area (Å²) in [5.74, 6) is -0.0329. The molecule has 2 heterocycles. The van der Waals surface area contributed by atoms with Gasteiger partial charge in [0.1, 0.15) is 12.4 Å². The number of rotatable bonds is 6. The van der Waals surface area contributed by atoms with E-state index in [1.165, 1.54) is 16.7 Å². The Morgan fingerprint density at radius 2 is 2.03 bits per heavy atom. The van der Waals surface area contributed by atoms with Crippen molar-refractivity contribution in [3.8, 4) is 5.75 Å². The number of nitrogens with zero attached hydrogens (tertiary/aromatic N) is 3. The van der Waals surface area contributed by atoms with Gasteiger partial charge >= 0.3 is 6.09 Å². The molecule has 1 saturated heterocycles. The van der Waals surface area contributed by atoms with Crippen LogP contribution in [0.1, 0.15) is 5.56 Å². The van der Waals surface area contributed by atoms with Crippen molar-refractivity contribution in [2.45, 2.75) is 6.61 Å². The zero-order valence-corrected chi connectivity index (χ0v) is 15.9. The quantitative estimate of drug-likeness (QED) is 0.543. The second-order valence-corrected chi connectivity index (χ2v) is 6.74. The molecule has 1 aromatic carbocycles. The fraction of sp³-hybridized carbons (Fsp3) is 0.316. The van der Waals surface area contributed by atoms with Crippen LogP contribution in [0.25, 0.3) is 0 Å². The van der Waals surface area contributed by atoms with Crippen molar-refractivity contribution in [1.29, 1.82) is 0 Å². The van der Waals surface area contributed by atoms with Crippen molar-refractivity contribution in [1.82, 2.24) is 4.57 Å². The highest BCUT2D eigenvalue weighted by molar-refractivity contribution is 5.87. The number of hydrogen-bond acceptors (Lipinski definition) is 5. The fourth-order valence-electron chi connectivity index (χ4n) is 2.94. The molecule has 1 aliphatic heterocycles. The molecule has 0 bridgehead atoms. The molecule has 154 valence electrons. The van der Waals surface area contributed by atoms with Gasteiger partial charge in [0.25, 0.3) is 0 Å². The Hall–Kier alpha value is -3.56. The molecule has 0 aliphatic carbocycles. The number of guanidine groups is 1. The number of aryl methyl sites for hydroxylation is 1. The van der Waals surface area contributed by atoms with E-state index in [-0.39, 0.29) is 23.6 Å². The number of ether oxygens (including phenoxy) is 2. The lowest BCUT2D eigenvalue weighted by Crippen LogP contribution is -2.49. The first kappa shape index (κ1) is 20.2. The number of amides is 1. The highest BCUT2D eigenvalue weighted by atomic mass is 19.1. The molecule has 9 nitrogen and oxygen atoms in total. The lowest BCUT2D eigenvalue weighted by atomic mass is 9.99. The van der Waals surface area contributed by atoms with Crippen LogP contribution >= 0.6 is 0 Å². The van der Waals surface area contributed by atoms with Crippen LogP contribution in [0.15, 0.2) is 46.3 Å². The van der Waals surface area contributed by atoms with Crippen molar-refractivity contribution in [3.05, 3.63) is 58.3 Å². The minimum Gasteiger partial charge on any atom is -0.492 e. The van der Waals surface area contributed by atoms with Crippen LogP contribution in [0.2, 0.25) is 0 Å². The average Bonchev–Trinajstić information content (AvgIpc) is 2.63. The smallest absolute Gasteiger partial charge is 0.437 e. The average molecular weight is 403 g/mol. The number of carbonyl (C=O) groups is 1. The van der Waals surface area contributed by atoms with Crippen LogP contribution in [0.5, 0.6) is 5.75 Å². The molecule has 1 aromatic heterocycles. The predicted molar refractivity (Wildman–Crippen MR) is 105 cm³/mol. The predicted octanol–water partition coefficient (Wildman–Crippen LogP) is 0.950.